The Morgan fingerprint density at radius 3 is 2.48 bits per heavy atom. The van der Waals surface area contributed by atoms with Gasteiger partial charge in [0.25, 0.3) is 0 Å². The SMILES string of the molecule is Nc1ncnc2c1ncn2C1OC2COP(O)(=S)OC3C(O)C(COP(=O)(S)OC2C1O)OC3n1c(Cl)nc2cc(Cl)c(Cl)cc21. The van der Waals surface area contributed by atoms with E-state index >= 15 is 0 Å². The summed E-state index contributed by atoms with van der Waals surface area (Å²) in [5.41, 5.74) is 7.07. The van der Waals surface area contributed by atoms with Crippen LogP contribution in [-0.2, 0) is 43.9 Å². The minimum Gasteiger partial charge on any atom is -0.387 e. The van der Waals surface area contributed by atoms with E-state index in [1.165, 1.54) is 33.9 Å². The van der Waals surface area contributed by atoms with Crippen LogP contribution in [0.3, 0.4) is 0 Å². The highest BCUT2D eigenvalue weighted by atomic mass is 35.5. The molecule has 0 spiro atoms. The molecule has 6 heterocycles. The lowest BCUT2D eigenvalue weighted by atomic mass is 10.1. The van der Waals surface area contributed by atoms with E-state index in [-0.39, 0.29) is 32.3 Å². The summed E-state index contributed by atoms with van der Waals surface area (Å²) < 4.78 is 50.9. The number of benzene rings is 1. The van der Waals surface area contributed by atoms with Gasteiger partial charge in [-0.1, -0.05) is 35.5 Å². The predicted octanol–water partition coefficient (Wildman–Crippen LogP) is 3.01. The molecule has 3 fully saturated rings. The van der Waals surface area contributed by atoms with Crippen molar-refractivity contribution in [1.29, 1.82) is 0 Å². The van der Waals surface area contributed by atoms with Crippen molar-refractivity contribution < 1.29 is 47.2 Å². The van der Waals surface area contributed by atoms with Gasteiger partial charge in [0.2, 0.25) is 5.28 Å². The number of fused-ring (bicyclic) bond motifs is 5. The Kier molecular flexibility index (Phi) is 8.88. The van der Waals surface area contributed by atoms with Gasteiger partial charge < -0.3 is 34.8 Å². The number of aromatic nitrogens is 6. The van der Waals surface area contributed by atoms with Crippen molar-refractivity contribution in [1.82, 2.24) is 29.1 Å². The Bertz CT molecular complexity index is 1940. The second-order valence-electron chi connectivity index (χ2n) is 10.4. The average Bonchev–Trinajstić information content (AvgIpc) is 3.71. The van der Waals surface area contributed by atoms with Crippen LogP contribution in [-0.4, -0.2) is 94.0 Å². The fourth-order valence-corrected chi connectivity index (χ4v) is 8.95. The third kappa shape index (κ3) is 5.98. The largest absolute Gasteiger partial charge is 0.387 e. The first kappa shape index (κ1) is 33.3. The molecule has 10 unspecified atom stereocenters. The maximum atomic E-state index is 13.5. The number of nitrogens with two attached hydrogens (primary N) is 1. The number of imidazole rings is 2. The van der Waals surface area contributed by atoms with Gasteiger partial charge in [0.05, 0.1) is 40.6 Å². The van der Waals surface area contributed by atoms with E-state index in [4.69, 9.17) is 79.9 Å². The van der Waals surface area contributed by atoms with Crippen LogP contribution in [0.5, 0.6) is 0 Å². The molecule has 3 aromatic heterocycles. The predicted molar refractivity (Wildman–Crippen MR) is 169 cm³/mol. The van der Waals surface area contributed by atoms with Crippen LogP contribution < -0.4 is 5.73 Å². The van der Waals surface area contributed by atoms with E-state index < -0.39 is 75.8 Å². The number of rotatable bonds is 2. The van der Waals surface area contributed by atoms with E-state index in [0.29, 0.717) is 11.0 Å². The molecule has 7 rings (SSSR count). The number of anilines is 1. The van der Waals surface area contributed by atoms with Crippen molar-refractivity contribution in [2.45, 2.75) is 49.1 Å². The normalized spacial score (nSPS) is 37.2. The molecular weight excluding hydrogens is 755 g/mol. The molecular formula is C22H22Cl3N7O10P2S2. The molecule has 17 nitrogen and oxygen atoms in total. The van der Waals surface area contributed by atoms with E-state index in [2.05, 4.69) is 32.2 Å². The van der Waals surface area contributed by atoms with Gasteiger partial charge in [-0.3, -0.25) is 22.7 Å². The second-order valence-corrected chi connectivity index (χ2v) is 17.2. The summed E-state index contributed by atoms with van der Waals surface area (Å²) in [5, 5.41) is 22.8. The van der Waals surface area contributed by atoms with E-state index in [0.717, 1.165) is 0 Å². The Labute approximate surface area is 283 Å². The van der Waals surface area contributed by atoms with E-state index in [9.17, 15) is 19.7 Å². The van der Waals surface area contributed by atoms with Crippen LogP contribution in [0.4, 0.5) is 5.82 Å². The van der Waals surface area contributed by atoms with E-state index in [1.807, 2.05) is 0 Å². The lowest BCUT2D eigenvalue weighted by Crippen LogP contribution is -2.36. The van der Waals surface area contributed by atoms with Crippen LogP contribution in [0, 0.1) is 0 Å². The monoisotopic (exact) mass is 775 g/mol. The third-order valence-corrected chi connectivity index (χ3v) is 11.7. The van der Waals surface area contributed by atoms with Crippen LogP contribution >= 0.6 is 60.6 Å². The summed E-state index contributed by atoms with van der Waals surface area (Å²) in [6.45, 7) is -9.63. The summed E-state index contributed by atoms with van der Waals surface area (Å²) in [4.78, 5) is 27.7. The van der Waals surface area contributed by atoms with Crippen LogP contribution in [0.15, 0.2) is 24.8 Å². The molecule has 3 aliphatic rings. The first-order valence-corrected chi connectivity index (χ1v) is 19.6. The topological polar surface area (TPSA) is 221 Å². The summed E-state index contributed by atoms with van der Waals surface area (Å²) in [5.74, 6) is 0.0963. The molecule has 10 atom stereocenters. The lowest BCUT2D eigenvalue weighted by Gasteiger charge is -2.28. The standard InChI is InChI=1S/C22H22Cl3N7O10P2S2/c23-7-1-9-10(2-8(7)24)32(22(25)30-9)21-17-14(33)11(39-21)3-37-43(35,45)41-16-12(4-38-44(36,46)42-17)40-20(15(16)34)31-6-29-13-18(26)27-5-28-19(13)31/h1-2,5-6,11-12,14-17,20-21,33-34H,3-4H2,(H,35,45)(H,36,46)(H2,26,27,28). The Balaban J connectivity index is 1.21. The van der Waals surface area contributed by atoms with Crippen molar-refractivity contribution in [3.05, 3.63) is 40.1 Å². The van der Waals surface area contributed by atoms with Gasteiger partial charge in [-0.05, 0) is 35.5 Å². The number of thiol groups is 1. The van der Waals surface area contributed by atoms with E-state index in [1.54, 1.807) is 0 Å². The number of aliphatic hydroxyl groups excluding tert-OH is 2. The van der Waals surface area contributed by atoms with Crippen LogP contribution in [0.1, 0.15) is 12.5 Å². The van der Waals surface area contributed by atoms with Crippen LogP contribution in [0.2, 0.25) is 15.3 Å². The quantitative estimate of drug-likeness (QED) is 0.146. The molecule has 46 heavy (non-hydrogen) atoms. The van der Waals surface area contributed by atoms with Crippen molar-refractivity contribution in [2.75, 3.05) is 18.9 Å². The minimum atomic E-state index is -4.31. The number of ether oxygens (including phenoxy) is 2. The van der Waals surface area contributed by atoms with Crippen molar-refractivity contribution in [2.24, 2.45) is 0 Å². The zero-order valence-corrected chi connectivity index (χ0v) is 28.5. The molecule has 248 valence electrons. The molecule has 0 amide bonds. The average molecular weight is 777 g/mol. The summed E-state index contributed by atoms with van der Waals surface area (Å²) in [7, 11) is 0. The molecule has 24 heteroatoms. The number of halogens is 3. The maximum absolute atomic E-state index is 13.5. The zero-order valence-electron chi connectivity index (χ0n) is 22.7. The Morgan fingerprint density at radius 1 is 0.978 bits per heavy atom. The van der Waals surface area contributed by atoms with Crippen molar-refractivity contribution in [3.63, 3.8) is 0 Å². The zero-order chi connectivity index (χ0) is 32.7. The first-order valence-electron chi connectivity index (χ1n) is 13.2. The highest BCUT2D eigenvalue weighted by Crippen LogP contribution is 2.58. The number of nitrogen functional groups attached to an aromatic ring is 1. The fourth-order valence-electron chi connectivity index (χ4n) is 5.45. The van der Waals surface area contributed by atoms with Crippen molar-refractivity contribution in [3.8, 4) is 0 Å². The molecule has 0 radical (unpaired) electrons. The molecule has 2 bridgehead atoms. The van der Waals surface area contributed by atoms with Gasteiger partial charge >= 0.3 is 13.5 Å². The van der Waals surface area contributed by atoms with Gasteiger partial charge in [0.1, 0.15) is 48.5 Å². The van der Waals surface area contributed by atoms with Gasteiger partial charge in [-0.2, -0.15) is 0 Å². The molecule has 3 aliphatic heterocycles. The van der Waals surface area contributed by atoms with Crippen LogP contribution in [0.25, 0.3) is 22.2 Å². The smallest absolute Gasteiger partial charge is 0.386 e. The number of hydrogen-bond acceptors (Lipinski definition) is 15. The molecule has 3 saturated heterocycles. The number of aliphatic hydroxyl groups is 2. The highest BCUT2D eigenvalue weighted by molar-refractivity contribution is 8.44. The molecule has 5 N–H and O–H groups in total. The number of hydrogen-bond donors (Lipinski definition) is 5. The fraction of sp³-hybridized carbons (Fsp3) is 0.455. The lowest BCUT2D eigenvalue weighted by molar-refractivity contribution is -0.0592. The van der Waals surface area contributed by atoms with Gasteiger partial charge in [0.15, 0.2) is 23.9 Å². The Hall–Kier alpha value is -1.22. The Morgan fingerprint density at radius 2 is 1.70 bits per heavy atom. The van der Waals surface area contributed by atoms with Gasteiger partial charge in [-0.15, -0.1) is 0 Å². The van der Waals surface area contributed by atoms with Crippen molar-refractivity contribution >= 4 is 100 Å². The molecule has 1 aromatic carbocycles. The molecule has 0 saturated carbocycles. The second kappa shape index (κ2) is 12.3. The third-order valence-electron chi connectivity index (χ3n) is 7.54. The minimum absolute atomic E-state index is 0.0963. The molecule has 4 aromatic rings. The molecule has 0 aliphatic carbocycles. The summed E-state index contributed by atoms with van der Waals surface area (Å²) in [6, 6.07) is 2.97. The van der Waals surface area contributed by atoms with Gasteiger partial charge in [0, 0.05) is 0 Å². The highest BCUT2D eigenvalue weighted by Gasteiger charge is 2.53. The summed E-state index contributed by atoms with van der Waals surface area (Å²) >= 11 is 28.2. The maximum Gasteiger partial charge on any atom is 0.386 e. The number of nitrogens with zero attached hydrogens (tertiary/aromatic N) is 6. The summed E-state index contributed by atoms with van der Waals surface area (Å²) in [6.07, 6.45) is -8.29. The first-order chi connectivity index (χ1) is 21.7. The van der Waals surface area contributed by atoms with Gasteiger partial charge in [-0.25, -0.2) is 24.5 Å².